The molecule has 1 heterocycles. The number of amides is 1. The number of carbonyl (C=O) groups is 1. The molecule has 1 amide bonds. The van der Waals surface area contributed by atoms with Gasteiger partial charge in [-0.3, -0.25) is 15.6 Å². The first-order valence-corrected chi connectivity index (χ1v) is 7.40. The van der Waals surface area contributed by atoms with E-state index in [-0.39, 0.29) is 5.91 Å². The van der Waals surface area contributed by atoms with Gasteiger partial charge in [0.2, 0.25) is 0 Å². The summed E-state index contributed by atoms with van der Waals surface area (Å²) in [7, 11) is 1.55. The molecule has 2 aromatic rings. The Morgan fingerprint density at radius 2 is 2.05 bits per heavy atom. The minimum Gasteiger partial charge on any atom is -0.495 e. The maximum absolute atomic E-state index is 12.3. The monoisotopic (exact) mass is 414 g/mol. The molecule has 0 unspecified atom stereocenters. The lowest BCUT2D eigenvalue weighted by Gasteiger charge is -2.12. The van der Waals surface area contributed by atoms with Gasteiger partial charge in [-0.2, -0.15) is 0 Å². The van der Waals surface area contributed by atoms with E-state index >= 15 is 0 Å². The number of rotatable bonds is 4. The van der Waals surface area contributed by atoms with Gasteiger partial charge < -0.3 is 15.5 Å². The van der Waals surface area contributed by atoms with Crippen LogP contribution in [0.1, 0.15) is 10.4 Å². The summed E-state index contributed by atoms with van der Waals surface area (Å²) in [6.07, 6.45) is 2.99. The predicted octanol–water partition coefficient (Wildman–Crippen LogP) is 3.15. The fourth-order valence-electron chi connectivity index (χ4n) is 1.67. The van der Waals surface area contributed by atoms with Crippen LogP contribution in [0.4, 0.5) is 11.4 Å². The first-order valence-electron chi connectivity index (χ1n) is 5.81. The Hall–Kier alpha value is -1.64. The lowest BCUT2D eigenvalue weighted by Crippen LogP contribution is -2.17. The lowest BCUT2D eigenvalue weighted by atomic mass is 10.2. The number of nitrogens with two attached hydrogens (primary N) is 1. The Morgan fingerprint density at radius 1 is 1.29 bits per heavy atom. The fourth-order valence-corrected chi connectivity index (χ4v) is 2.93. The van der Waals surface area contributed by atoms with E-state index < -0.39 is 0 Å². The van der Waals surface area contributed by atoms with Crippen molar-refractivity contribution in [1.29, 1.82) is 0 Å². The summed E-state index contributed by atoms with van der Waals surface area (Å²) >= 11 is 6.76. The molecule has 0 fully saturated rings. The number of halogens is 2. The van der Waals surface area contributed by atoms with Gasteiger partial charge in [-0.05, 0) is 44.0 Å². The molecule has 8 heteroatoms. The predicted molar refractivity (Wildman–Crippen MR) is 88.4 cm³/mol. The molecular weight excluding hydrogens is 404 g/mol. The van der Waals surface area contributed by atoms with E-state index in [1.54, 1.807) is 31.5 Å². The van der Waals surface area contributed by atoms with Crippen LogP contribution in [-0.4, -0.2) is 18.0 Å². The Kier molecular flexibility index (Phi) is 5.16. The molecule has 0 saturated heterocycles. The molecule has 2 rings (SSSR count). The summed E-state index contributed by atoms with van der Waals surface area (Å²) < 4.78 is 6.70. The molecule has 0 saturated carbocycles. The molecule has 6 nitrogen and oxygen atoms in total. The van der Waals surface area contributed by atoms with Crippen LogP contribution in [0, 0.1) is 0 Å². The average molecular weight is 416 g/mol. The zero-order valence-electron chi connectivity index (χ0n) is 11.0. The zero-order valence-corrected chi connectivity index (χ0v) is 14.2. The van der Waals surface area contributed by atoms with Gasteiger partial charge in [0.1, 0.15) is 5.75 Å². The maximum Gasteiger partial charge on any atom is 0.259 e. The number of pyridine rings is 1. The van der Waals surface area contributed by atoms with Crippen LogP contribution in [0.5, 0.6) is 5.75 Å². The van der Waals surface area contributed by atoms with Crippen molar-refractivity contribution in [2.45, 2.75) is 0 Å². The molecule has 21 heavy (non-hydrogen) atoms. The normalized spacial score (nSPS) is 10.1. The van der Waals surface area contributed by atoms with Crippen LogP contribution in [0.25, 0.3) is 0 Å². The van der Waals surface area contributed by atoms with Crippen LogP contribution < -0.4 is 21.3 Å². The average Bonchev–Trinajstić information content (AvgIpc) is 2.49. The van der Waals surface area contributed by atoms with Gasteiger partial charge in [-0.25, -0.2) is 0 Å². The van der Waals surface area contributed by atoms with Crippen LogP contribution in [-0.2, 0) is 0 Å². The number of nitrogens with one attached hydrogen (secondary N) is 2. The number of aromatic nitrogens is 1. The number of hydrogen-bond donors (Lipinski definition) is 3. The van der Waals surface area contributed by atoms with E-state index in [1.165, 1.54) is 6.20 Å². The van der Waals surface area contributed by atoms with Gasteiger partial charge in [-0.15, -0.1) is 0 Å². The number of nitrogen functional groups attached to an aromatic ring is 1. The number of hydrogen-bond acceptors (Lipinski definition) is 5. The Labute approximate surface area is 138 Å². The third-order valence-electron chi connectivity index (χ3n) is 2.71. The molecule has 0 aliphatic heterocycles. The third-order valence-corrected chi connectivity index (χ3v) is 3.99. The minimum atomic E-state index is -0.332. The van der Waals surface area contributed by atoms with Crippen molar-refractivity contribution in [3.63, 3.8) is 0 Å². The quantitative estimate of drug-likeness (QED) is 0.527. The molecule has 0 atom stereocenters. The van der Waals surface area contributed by atoms with Gasteiger partial charge in [0.25, 0.3) is 5.91 Å². The van der Waals surface area contributed by atoms with Crippen molar-refractivity contribution in [2.75, 3.05) is 17.9 Å². The number of anilines is 2. The van der Waals surface area contributed by atoms with Gasteiger partial charge in [0.05, 0.1) is 28.5 Å². The molecule has 4 N–H and O–H groups in total. The Balaban J connectivity index is 2.31. The van der Waals surface area contributed by atoms with E-state index in [0.717, 1.165) is 8.95 Å². The minimum absolute atomic E-state index is 0.332. The van der Waals surface area contributed by atoms with Crippen molar-refractivity contribution in [3.05, 3.63) is 45.1 Å². The smallest absolute Gasteiger partial charge is 0.259 e. The first kappa shape index (κ1) is 15.7. The number of benzene rings is 1. The highest BCUT2D eigenvalue weighted by Gasteiger charge is 2.14. The van der Waals surface area contributed by atoms with Crippen molar-refractivity contribution in [1.82, 2.24) is 4.98 Å². The van der Waals surface area contributed by atoms with Crippen molar-refractivity contribution < 1.29 is 9.53 Å². The van der Waals surface area contributed by atoms with Crippen molar-refractivity contribution in [3.8, 4) is 5.75 Å². The van der Waals surface area contributed by atoms with Crippen LogP contribution in [0.2, 0.25) is 0 Å². The van der Waals surface area contributed by atoms with Gasteiger partial charge in [-0.1, -0.05) is 0 Å². The second-order valence-corrected chi connectivity index (χ2v) is 5.69. The molecule has 0 bridgehead atoms. The molecule has 1 aromatic carbocycles. The van der Waals surface area contributed by atoms with E-state index in [0.29, 0.717) is 22.7 Å². The van der Waals surface area contributed by atoms with Gasteiger partial charge in [0.15, 0.2) is 0 Å². The van der Waals surface area contributed by atoms with E-state index in [9.17, 15) is 4.79 Å². The largest absolute Gasteiger partial charge is 0.495 e. The maximum atomic E-state index is 12.3. The summed E-state index contributed by atoms with van der Waals surface area (Å²) in [5.41, 5.74) is 3.87. The number of carbonyl (C=O) groups excluding carboxylic acids is 1. The molecule has 1 aromatic heterocycles. The van der Waals surface area contributed by atoms with Crippen LogP contribution >= 0.6 is 31.9 Å². The van der Waals surface area contributed by atoms with E-state index in [2.05, 4.69) is 47.6 Å². The van der Waals surface area contributed by atoms with Crippen LogP contribution in [0.15, 0.2) is 39.5 Å². The molecule has 0 radical (unpaired) electrons. The van der Waals surface area contributed by atoms with Crippen molar-refractivity contribution >= 4 is 49.1 Å². The van der Waals surface area contributed by atoms with Crippen molar-refractivity contribution in [2.24, 2.45) is 5.84 Å². The lowest BCUT2D eigenvalue weighted by molar-refractivity contribution is 0.102. The molecule has 0 aliphatic carbocycles. The van der Waals surface area contributed by atoms with Crippen LogP contribution in [0.3, 0.4) is 0 Å². The number of methoxy groups -OCH3 is 1. The number of ether oxygens (including phenoxy) is 1. The van der Waals surface area contributed by atoms with Gasteiger partial charge in [0, 0.05) is 22.9 Å². The number of nitrogens with zero attached hydrogens (tertiary/aromatic N) is 1. The summed E-state index contributed by atoms with van der Waals surface area (Å²) in [5.74, 6) is 5.66. The highest BCUT2D eigenvalue weighted by atomic mass is 79.9. The summed E-state index contributed by atoms with van der Waals surface area (Å²) in [5, 5.41) is 2.78. The second kappa shape index (κ2) is 6.88. The second-order valence-electron chi connectivity index (χ2n) is 3.99. The fraction of sp³-hybridized carbons (Fsp3) is 0.0769. The zero-order chi connectivity index (χ0) is 15.4. The first-order chi connectivity index (χ1) is 10.1. The Morgan fingerprint density at radius 3 is 2.71 bits per heavy atom. The SMILES string of the molecule is COc1cc(NC(=O)c2cnccc2NN)c(Br)cc1Br. The van der Waals surface area contributed by atoms with Gasteiger partial charge >= 0.3 is 0 Å². The molecule has 0 aliphatic rings. The molecule has 0 spiro atoms. The standard InChI is InChI=1S/C13H12Br2N4O2/c1-21-12-5-11(8(14)4-9(12)15)18-13(20)7-6-17-3-2-10(7)19-16/h2-6H,16H2,1H3,(H,17,19)(H,18,20). The molecule has 110 valence electrons. The van der Waals surface area contributed by atoms with E-state index in [4.69, 9.17) is 10.6 Å². The third kappa shape index (κ3) is 3.52. The molecular formula is C13H12Br2N4O2. The highest BCUT2D eigenvalue weighted by molar-refractivity contribution is 9.11. The number of hydrazine groups is 1. The summed E-state index contributed by atoms with van der Waals surface area (Å²) in [4.78, 5) is 16.2. The highest BCUT2D eigenvalue weighted by Crippen LogP contribution is 2.34. The summed E-state index contributed by atoms with van der Waals surface area (Å²) in [6.45, 7) is 0. The van der Waals surface area contributed by atoms with E-state index in [1.807, 2.05) is 0 Å². The topological polar surface area (TPSA) is 89.3 Å². The summed E-state index contributed by atoms with van der Waals surface area (Å²) in [6, 6.07) is 5.11. The Bertz CT molecular complexity index is 679.